The standard InChI is InChI=1S/C21H30O2/c1-20-11-8-19-17(18(20)6-4-14(20)9-12-22)5-3-15-13-16(23)7-10-21(15,19)2/h3,5,13-14,17-19,22H,4,6-12H2,1-2H3/t14?,17?,18?,19?,20?,21-/m0/s1. The lowest BCUT2D eigenvalue weighted by Gasteiger charge is -2.56. The SMILES string of the molecule is CC12CCC3C(C=CC4=CC(=O)CC[C@@]43C)C1CCC2CCO. The molecule has 4 rings (SSSR count). The van der Waals surface area contributed by atoms with E-state index in [-0.39, 0.29) is 5.41 Å². The van der Waals surface area contributed by atoms with Crippen molar-refractivity contribution in [2.75, 3.05) is 6.61 Å². The number of hydrogen-bond donors (Lipinski definition) is 1. The van der Waals surface area contributed by atoms with Gasteiger partial charge in [-0.25, -0.2) is 0 Å². The summed E-state index contributed by atoms with van der Waals surface area (Å²) >= 11 is 0. The Morgan fingerprint density at radius 2 is 2.00 bits per heavy atom. The summed E-state index contributed by atoms with van der Waals surface area (Å²) in [6.07, 6.45) is 14.6. The zero-order valence-electron chi connectivity index (χ0n) is 14.6. The molecule has 4 aliphatic rings. The Morgan fingerprint density at radius 1 is 1.17 bits per heavy atom. The Bertz CT molecular complexity index is 574. The van der Waals surface area contributed by atoms with Gasteiger partial charge in [-0.05, 0) is 84.7 Å². The lowest BCUT2D eigenvalue weighted by atomic mass is 9.48. The molecule has 0 aliphatic heterocycles. The molecular formula is C21H30O2. The fourth-order valence-corrected chi connectivity index (χ4v) is 6.74. The summed E-state index contributed by atoms with van der Waals surface area (Å²) < 4.78 is 0. The van der Waals surface area contributed by atoms with Gasteiger partial charge in [0.25, 0.3) is 0 Å². The fourth-order valence-electron chi connectivity index (χ4n) is 6.74. The zero-order valence-corrected chi connectivity index (χ0v) is 14.6. The molecule has 2 saturated carbocycles. The molecule has 2 nitrogen and oxygen atoms in total. The van der Waals surface area contributed by atoms with Gasteiger partial charge < -0.3 is 5.11 Å². The van der Waals surface area contributed by atoms with Crippen LogP contribution in [0.4, 0.5) is 0 Å². The summed E-state index contributed by atoms with van der Waals surface area (Å²) in [6.45, 7) is 5.24. The van der Waals surface area contributed by atoms with Crippen LogP contribution in [0.3, 0.4) is 0 Å². The van der Waals surface area contributed by atoms with E-state index in [2.05, 4.69) is 26.0 Å². The first-order chi connectivity index (χ1) is 11.0. The molecule has 0 aromatic carbocycles. The molecule has 0 saturated heterocycles. The maximum Gasteiger partial charge on any atom is 0.156 e. The average molecular weight is 314 g/mol. The molecular weight excluding hydrogens is 284 g/mol. The molecule has 5 unspecified atom stereocenters. The van der Waals surface area contributed by atoms with E-state index >= 15 is 0 Å². The number of carbonyl (C=O) groups is 1. The van der Waals surface area contributed by atoms with Crippen molar-refractivity contribution >= 4 is 5.78 Å². The van der Waals surface area contributed by atoms with Crippen LogP contribution in [0.25, 0.3) is 0 Å². The lowest BCUT2D eigenvalue weighted by molar-refractivity contribution is -0.116. The van der Waals surface area contributed by atoms with Gasteiger partial charge in [-0.2, -0.15) is 0 Å². The highest BCUT2D eigenvalue weighted by molar-refractivity contribution is 5.92. The first-order valence-corrected chi connectivity index (χ1v) is 9.53. The quantitative estimate of drug-likeness (QED) is 0.825. The Kier molecular flexibility index (Phi) is 3.61. The van der Waals surface area contributed by atoms with Gasteiger partial charge in [-0.15, -0.1) is 0 Å². The third-order valence-electron chi connectivity index (χ3n) is 8.19. The monoisotopic (exact) mass is 314 g/mol. The molecule has 2 heteroatoms. The van der Waals surface area contributed by atoms with Gasteiger partial charge in [0, 0.05) is 13.0 Å². The Hall–Kier alpha value is -0.890. The van der Waals surface area contributed by atoms with Crippen LogP contribution in [0.1, 0.15) is 58.8 Å². The van der Waals surface area contributed by atoms with Crippen LogP contribution >= 0.6 is 0 Å². The van der Waals surface area contributed by atoms with E-state index in [1.807, 2.05) is 6.08 Å². The molecule has 0 spiro atoms. The molecule has 0 heterocycles. The van der Waals surface area contributed by atoms with Crippen molar-refractivity contribution in [2.24, 2.45) is 34.5 Å². The maximum absolute atomic E-state index is 11.8. The third-order valence-corrected chi connectivity index (χ3v) is 8.19. The number of ketones is 1. The minimum absolute atomic E-state index is 0.212. The number of allylic oxidation sites excluding steroid dienone is 4. The summed E-state index contributed by atoms with van der Waals surface area (Å²) in [5.41, 5.74) is 1.92. The van der Waals surface area contributed by atoms with Crippen LogP contribution in [0.2, 0.25) is 0 Å². The smallest absolute Gasteiger partial charge is 0.156 e. The topological polar surface area (TPSA) is 37.3 Å². The lowest BCUT2D eigenvalue weighted by Crippen LogP contribution is -2.48. The van der Waals surface area contributed by atoms with Gasteiger partial charge in [0.15, 0.2) is 5.78 Å². The van der Waals surface area contributed by atoms with Crippen LogP contribution in [0.15, 0.2) is 23.8 Å². The minimum atomic E-state index is 0.212. The second kappa shape index (κ2) is 5.31. The fraction of sp³-hybridized carbons (Fsp3) is 0.762. The molecule has 0 radical (unpaired) electrons. The summed E-state index contributed by atoms with van der Waals surface area (Å²) in [6, 6.07) is 0. The van der Waals surface area contributed by atoms with Crippen molar-refractivity contribution in [1.82, 2.24) is 0 Å². The van der Waals surface area contributed by atoms with Crippen LogP contribution in [-0.4, -0.2) is 17.5 Å². The van der Waals surface area contributed by atoms with Gasteiger partial charge in [-0.3, -0.25) is 4.79 Å². The molecule has 0 aromatic heterocycles. The van der Waals surface area contributed by atoms with Crippen LogP contribution in [-0.2, 0) is 4.79 Å². The van der Waals surface area contributed by atoms with Gasteiger partial charge in [-0.1, -0.05) is 26.0 Å². The van der Waals surface area contributed by atoms with E-state index in [1.165, 1.54) is 31.3 Å². The van der Waals surface area contributed by atoms with E-state index in [4.69, 9.17) is 0 Å². The van der Waals surface area contributed by atoms with Crippen LogP contribution in [0.5, 0.6) is 0 Å². The molecule has 6 atom stereocenters. The first-order valence-electron chi connectivity index (χ1n) is 9.53. The highest BCUT2D eigenvalue weighted by Crippen LogP contribution is 2.65. The molecule has 126 valence electrons. The second-order valence-corrected chi connectivity index (χ2v) is 8.96. The number of fused-ring (bicyclic) bond motifs is 5. The number of aliphatic hydroxyl groups excluding tert-OH is 1. The van der Waals surface area contributed by atoms with Gasteiger partial charge in [0.2, 0.25) is 0 Å². The summed E-state index contributed by atoms with van der Waals surface area (Å²) in [5, 5.41) is 9.43. The van der Waals surface area contributed by atoms with E-state index in [0.717, 1.165) is 25.2 Å². The normalized spacial score (nSPS) is 48.5. The number of hydrogen-bond acceptors (Lipinski definition) is 2. The highest BCUT2D eigenvalue weighted by atomic mass is 16.3. The predicted octanol–water partition coefficient (Wildman–Crippen LogP) is 4.29. The number of aliphatic hydroxyl groups is 1. The van der Waals surface area contributed by atoms with E-state index in [9.17, 15) is 9.90 Å². The Morgan fingerprint density at radius 3 is 2.78 bits per heavy atom. The van der Waals surface area contributed by atoms with Crippen LogP contribution < -0.4 is 0 Å². The van der Waals surface area contributed by atoms with E-state index in [1.54, 1.807) is 0 Å². The highest BCUT2D eigenvalue weighted by Gasteiger charge is 2.57. The Labute approximate surface area is 140 Å². The predicted molar refractivity (Wildman–Crippen MR) is 91.8 cm³/mol. The maximum atomic E-state index is 11.8. The van der Waals surface area contributed by atoms with Gasteiger partial charge in [0.1, 0.15) is 0 Å². The molecule has 0 amide bonds. The molecule has 4 aliphatic carbocycles. The van der Waals surface area contributed by atoms with E-state index in [0.29, 0.717) is 35.6 Å². The molecule has 23 heavy (non-hydrogen) atoms. The van der Waals surface area contributed by atoms with Crippen molar-refractivity contribution in [2.45, 2.75) is 58.8 Å². The number of carbonyl (C=O) groups excluding carboxylic acids is 1. The second-order valence-electron chi connectivity index (χ2n) is 8.96. The minimum Gasteiger partial charge on any atom is -0.396 e. The van der Waals surface area contributed by atoms with Crippen LogP contribution in [0, 0.1) is 34.5 Å². The van der Waals surface area contributed by atoms with Crippen molar-refractivity contribution in [3.05, 3.63) is 23.8 Å². The number of rotatable bonds is 2. The van der Waals surface area contributed by atoms with Gasteiger partial charge in [0.05, 0.1) is 0 Å². The zero-order chi connectivity index (χ0) is 16.2. The molecule has 1 N–H and O–H groups in total. The van der Waals surface area contributed by atoms with E-state index < -0.39 is 0 Å². The largest absolute Gasteiger partial charge is 0.396 e. The third kappa shape index (κ3) is 2.13. The first kappa shape index (κ1) is 15.6. The average Bonchev–Trinajstić information content (AvgIpc) is 2.85. The molecule has 0 aromatic rings. The van der Waals surface area contributed by atoms with Gasteiger partial charge >= 0.3 is 0 Å². The summed E-state index contributed by atoms with van der Waals surface area (Å²) in [5.74, 6) is 3.16. The molecule has 2 fully saturated rings. The summed E-state index contributed by atoms with van der Waals surface area (Å²) in [7, 11) is 0. The Balaban J connectivity index is 1.68. The van der Waals surface area contributed by atoms with Crippen molar-refractivity contribution in [3.8, 4) is 0 Å². The molecule has 0 bridgehead atoms. The van der Waals surface area contributed by atoms with Crippen molar-refractivity contribution < 1.29 is 9.90 Å². The van der Waals surface area contributed by atoms with Crippen molar-refractivity contribution in [1.29, 1.82) is 0 Å². The van der Waals surface area contributed by atoms with Crippen molar-refractivity contribution in [3.63, 3.8) is 0 Å². The summed E-state index contributed by atoms with van der Waals surface area (Å²) in [4.78, 5) is 11.8.